The maximum absolute atomic E-state index is 2.20. The van der Waals surface area contributed by atoms with Crippen LogP contribution in [0.4, 0.5) is 0 Å². The lowest BCUT2D eigenvalue weighted by Gasteiger charge is -2.06. The third-order valence-corrected chi connectivity index (χ3v) is 1.71. The van der Waals surface area contributed by atoms with Crippen LogP contribution in [0.25, 0.3) is 0 Å². The van der Waals surface area contributed by atoms with E-state index in [0.29, 0.717) is 5.92 Å². The minimum absolute atomic E-state index is 0.579. The van der Waals surface area contributed by atoms with Crippen LogP contribution in [0.5, 0.6) is 0 Å². The van der Waals surface area contributed by atoms with Gasteiger partial charge in [0.15, 0.2) is 0 Å². The molecular weight excluding hydrogens is 108 g/mol. The molecule has 44 valence electrons. The number of allylic oxidation sites excluding steroid dienone is 8. The van der Waals surface area contributed by atoms with Gasteiger partial charge in [-0.25, -0.2) is 0 Å². The van der Waals surface area contributed by atoms with E-state index in [9.17, 15) is 0 Å². The quantitative estimate of drug-likeness (QED) is 0.455. The lowest BCUT2D eigenvalue weighted by atomic mass is 9.99. The highest BCUT2D eigenvalue weighted by Crippen LogP contribution is 2.24. The minimum atomic E-state index is 0.579. The molecule has 0 saturated heterocycles. The Kier molecular flexibility index (Phi) is 0.922. The molecule has 0 bridgehead atoms. The summed E-state index contributed by atoms with van der Waals surface area (Å²) in [7, 11) is 0. The van der Waals surface area contributed by atoms with E-state index in [2.05, 4.69) is 42.5 Å². The molecule has 0 saturated carbocycles. The Labute approximate surface area is 54.9 Å². The first kappa shape index (κ1) is 4.80. The van der Waals surface area contributed by atoms with Gasteiger partial charge in [-0.05, 0) is 5.57 Å². The highest BCUT2D eigenvalue weighted by atomic mass is 14.1. The van der Waals surface area contributed by atoms with Crippen LogP contribution in [-0.2, 0) is 0 Å². The summed E-state index contributed by atoms with van der Waals surface area (Å²) in [6.07, 6.45) is 15.0. The zero-order valence-corrected chi connectivity index (χ0v) is 5.12. The minimum Gasteiger partial charge on any atom is -0.0732 e. The molecule has 0 spiro atoms. The largest absolute Gasteiger partial charge is 0.0732 e. The summed E-state index contributed by atoms with van der Waals surface area (Å²) in [5.74, 6) is 0.579. The van der Waals surface area contributed by atoms with E-state index >= 15 is 0 Å². The number of fused-ring (bicyclic) bond motifs is 1. The van der Waals surface area contributed by atoms with Crippen molar-refractivity contribution in [2.24, 2.45) is 5.92 Å². The molecule has 0 heterocycles. The van der Waals surface area contributed by atoms with Gasteiger partial charge < -0.3 is 0 Å². The Morgan fingerprint density at radius 3 is 2.78 bits per heavy atom. The average molecular weight is 116 g/mol. The van der Waals surface area contributed by atoms with E-state index in [1.54, 1.807) is 0 Å². The van der Waals surface area contributed by atoms with Crippen LogP contribution < -0.4 is 0 Å². The Bertz CT molecular complexity index is 226. The predicted octanol–water partition coefficient (Wildman–Crippen LogP) is 2.22. The Hall–Kier alpha value is -1.04. The average Bonchev–Trinajstić information content (AvgIpc) is 2.33. The fourth-order valence-electron chi connectivity index (χ4n) is 1.20. The second-order valence-corrected chi connectivity index (χ2v) is 2.32. The van der Waals surface area contributed by atoms with Gasteiger partial charge in [-0.1, -0.05) is 42.5 Å². The molecule has 0 aromatic heterocycles. The van der Waals surface area contributed by atoms with Crippen molar-refractivity contribution in [2.75, 3.05) is 0 Å². The molecule has 0 fully saturated rings. The van der Waals surface area contributed by atoms with Crippen LogP contribution >= 0.6 is 0 Å². The molecule has 9 heavy (non-hydrogen) atoms. The summed E-state index contributed by atoms with van der Waals surface area (Å²) < 4.78 is 0. The second-order valence-electron chi connectivity index (χ2n) is 2.32. The summed E-state index contributed by atoms with van der Waals surface area (Å²) in [6, 6.07) is 0. The molecule has 0 nitrogen and oxygen atoms in total. The van der Waals surface area contributed by atoms with Crippen LogP contribution in [-0.4, -0.2) is 0 Å². The van der Waals surface area contributed by atoms with Crippen molar-refractivity contribution in [3.05, 3.63) is 48.1 Å². The molecular formula is C9H8. The number of hydrogen-bond donors (Lipinski definition) is 0. The van der Waals surface area contributed by atoms with Gasteiger partial charge in [0, 0.05) is 5.92 Å². The third kappa shape index (κ3) is 0.672. The van der Waals surface area contributed by atoms with Gasteiger partial charge in [0.25, 0.3) is 0 Å². The standard InChI is InChI=1S/C9H8/c1-2-5-9-7-3-6-8(9)4-1/h1-8H. The van der Waals surface area contributed by atoms with E-state index in [4.69, 9.17) is 0 Å². The summed E-state index contributed by atoms with van der Waals surface area (Å²) in [4.78, 5) is 0. The first-order valence-electron chi connectivity index (χ1n) is 3.20. The molecule has 0 aromatic carbocycles. The first-order valence-corrected chi connectivity index (χ1v) is 3.20. The zero-order valence-electron chi connectivity index (χ0n) is 5.12. The summed E-state index contributed by atoms with van der Waals surface area (Å²) >= 11 is 0. The van der Waals surface area contributed by atoms with E-state index in [1.807, 2.05) is 0 Å². The molecule has 0 aliphatic heterocycles. The van der Waals surface area contributed by atoms with Gasteiger partial charge in [-0.3, -0.25) is 0 Å². The van der Waals surface area contributed by atoms with Crippen molar-refractivity contribution in [3.8, 4) is 0 Å². The summed E-state index contributed by atoms with van der Waals surface area (Å²) in [5.41, 5.74) is 1.41. The van der Waals surface area contributed by atoms with Crippen LogP contribution in [0.3, 0.4) is 0 Å². The van der Waals surface area contributed by atoms with Crippen molar-refractivity contribution in [1.29, 1.82) is 0 Å². The van der Waals surface area contributed by atoms with Crippen molar-refractivity contribution in [3.63, 3.8) is 0 Å². The Morgan fingerprint density at radius 2 is 1.89 bits per heavy atom. The molecule has 2 aliphatic carbocycles. The SMILES string of the molecule is C1=CC2=CC=CC2C=C1. The predicted molar refractivity (Wildman–Crippen MR) is 39.0 cm³/mol. The molecule has 0 aromatic rings. The fourth-order valence-corrected chi connectivity index (χ4v) is 1.20. The number of hydrogen-bond acceptors (Lipinski definition) is 0. The van der Waals surface area contributed by atoms with Crippen LogP contribution in [0, 0.1) is 5.92 Å². The molecule has 1 atom stereocenters. The van der Waals surface area contributed by atoms with Crippen molar-refractivity contribution in [1.82, 2.24) is 0 Å². The monoisotopic (exact) mass is 116 g/mol. The van der Waals surface area contributed by atoms with Gasteiger partial charge in [-0.15, -0.1) is 0 Å². The lowest BCUT2D eigenvalue weighted by molar-refractivity contribution is 1.02. The number of rotatable bonds is 0. The normalized spacial score (nSPS) is 28.4. The van der Waals surface area contributed by atoms with Crippen LogP contribution in [0.2, 0.25) is 0 Å². The van der Waals surface area contributed by atoms with Crippen molar-refractivity contribution < 1.29 is 0 Å². The molecule has 0 N–H and O–H groups in total. The maximum Gasteiger partial charge on any atom is 0.0204 e. The summed E-state index contributed by atoms with van der Waals surface area (Å²) in [5, 5.41) is 0. The van der Waals surface area contributed by atoms with Crippen LogP contribution in [0.1, 0.15) is 0 Å². The zero-order chi connectivity index (χ0) is 6.10. The lowest BCUT2D eigenvalue weighted by Crippen LogP contribution is -1.92. The van der Waals surface area contributed by atoms with Gasteiger partial charge >= 0.3 is 0 Å². The smallest absolute Gasteiger partial charge is 0.0204 e. The van der Waals surface area contributed by atoms with Gasteiger partial charge in [0.2, 0.25) is 0 Å². The molecule has 2 rings (SSSR count). The molecule has 0 heteroatoms. The highest BCUT2D eigenvalue weighted by Gasteiger charge is 2.09. The molecule has 2 aliphatic rings. The Balaban J connectivity index is 2.40. The molecule has 1 unspecified atom stereocenters. The molecule has 0 amide bonds. The Morgan fingerprint density at radius 1 is 1.00 bits per heavy atom. The van der Waals surface area contributed by atoms with E-state index in [0.717, 1.165) is 0 Å². The highest BCUT2D eigenvalue weighted by molar-refractivity contribution is 5.42. The summed E-state index contributed by atoms with van der Waals surface area (Å²) in [6.45, 7) is 0. The van der Waals surface area contributed by atoms with E-state index in [-0.39, 0.29) is 0 Å². The maximum atomic E-state index is 2.20. The van der Waals surface area contributed by atoms with E-state index < -0.39 is 0 Å². The second kappa shape index (κ2) is 1.73. The van der Waals surface area contributed by atoms with Crippen molar-refractivity contribution in [2.45, 2.75) is 0 Å². The van der Waals surface area contributed by atoms with Crippen LogP contribution in [0.15, 0.2) is 48.1 Å². The first-order chi connectivity index (χ1) is 4.47. The van der Waals surface area contributed by atoms with Gasteiger partial charge in [-0.2, -0.15) is 0 Å². The van der Waals surface area contributed by atoms with Gasteiger partial charge in [0.05, 0.1) is 0 Å². The third-order valence-electron chi connectivity index (χ3n) is 1.71. The van der Waals surface area contributed by atoms with E-state index in [1.165, 1.54) is 5.57 Å². The molecule has 0 radical (unpaired) electrons. The fraction of sp³-hybridized carbons (Fsp3) is 0.111. The van der Waals surface area contributed by atoms with Gasteiger partial charge in [0.1, 0.15) is 0 Å². The van der Waals surface area contributed by atoms with Crippen molar-refractivity contribution >= 4 is 0 Å². The topological polar surface area (TPSA) is 0 Å².